The Morgan fingerprint density at radius 3 is 2.88 bits per heavy atom. The van der Waals surface area contributed by atoms with E-state index in [9.17, 15) is 4.79 Å². The van der Waals surface area contributed by atoms with Gasteiger partial charge in [0.1, 0.15) is 0 Å². The van der Waals surface area contributed by atoms with E-state index in [-0.39, 0.29) is 11.5 Å². The summed E-state index contributed by atoms with van der Waals surface area (Å²) in [6, 6.07) is 8.48. The van der Waals surface area contributed by atoms with Crippen molar-refractivity contribution in [2.75, 3.05) is 19.7 Å². The summed E-state index contributed by atoms with van der Waals surface area (Å²) in [6.07, 6.45) is 6.86. The summed E-state index contributed by atoms with van der Waals surface area (Å²) in [5, 5.41) is 1.33. The molecular formula is C20H26N2O2. The number of piperidine rings is 1. The SMILES string of the molecule is CC1(CC(=O)N2CCC(c3c[nH]c4ccccc34)CC2)CCCO1. The number of rotatable bonds is 3. The molecule has 0 saturated carbocycles. The molecule has 1 aromatic heterocycles. The van der Waals surface area contributed by atoms with Crippen LogP contribution in [0.15, 0.2) is 30.5 Å². The van der Waals surface area contributed by atoms with Crippen molar-refractivity contribution in [3.63, 3.8) is 0 Å². The molecule has 1 amide bonds. The van der Waals surface area contributed by atoms with Crippen LogP contribution in [0.3, 0.4) is 0 Å². The third-order valence-electron chi connectivity index (χ3n) is 5.73. The van der Waals surface area contributed by atoms with E-state index in [0.717, 1.165) is 45.4 Å². The number of nitrogens with zero attached hydrogens (tertiary/aromatic N) is 1. The molecule has 4 nitrogen and oxygen atoms in total. The van der Waals surface area contributed by atoms with Gasteiger partial charge in [-0.1, -0.05) is 18.2 Å². The molecule has 2 saturated heterocycles. The molecule has 4 heteroatoms. The third-order valence-corrected chi connectivity index (χ3v) is 5.73. The average molecular weight is 326 g/mol. The fraction of sp³-hybridized carbons (Fsp3) is 0.550. The Morgan fingerprint density at radius 2 is 2.12 bits per heavy atom. The number of nitrogens with one attached hydrogen (secondary N) is 1. The lowest BCUT2D eigenvalue weighted by Gasteiger charge is -2.34. The fourth-order valence-electron chi connectivity index (χ4n) is 4.28. The van der Waals surface area contributed by atoms with Gasteiger partial charge in [0, 0.05) is 36.8 Å². The minimum Gasteiger partial charge on any atom is -0.375 e. The number of carbonyl (C=O) groups is 1. The molecule has 1 atom stereocenters. The summed E-state index contributed by atoms with van der Waals surface area (Å²) in [5.41, 5.74) is 2.38. The zero-order chi connectivity index (χ0) is 16.6. The fourth-order valence-corrected chi connectivity index (χ4v) is 4.28. The quantitative estimate of drug-likeness (QED) is 0.931. The molecule has 0 bridgehead atoms. The Balaban J connectivity index is 1.39. The summed E-state index contributed by atoms with van der Waals surface area (Å²) >= 11 is 0. The molecule has 2 aliphatic heterocycles. The van der Waals surface area contributed by atoms with Crippen LogP contribution in [0, 0.1) is 0 Å². The van der Waals surface area contributed by atoms with Gasteiger partial charge in [-0.25, -0.2) is 0 Å². The number of amides is 1. The van der Waals surface area contributed by atoms with Crippen LogP contribution in [0.5, 0.6) is 0 Å². The highest BCUT2D eigenvalue weighted by molar-refractivity contribution is 5.83. The van der Waals surface area contributed by atoms with Crippen molar-refractivity contribution in [2.24, 2.45) is 0 Å². The van der Waals surface area contributed by atoms with Gasteiger partial charge in [0.2, 0.25) is 5.91 Å². The molecule has 128 valence electrons. The van der Waals surface area contributed by atoms with Crippen LogP contribution in [0.4, 0.5) is 0 Å². The largest absolute Gasteiger partial charge is 0.375 e. The van der Waals surface area contributed by atoms with Crippen LogP contribution in [0.25, 0.3) is 10.9 Å². The number of carbonyl (C=O) groups excluding carboxylic acids is 1. The van der Waals surface area contributed by atoms with Gasteiger partial charge in [0.15, 0.2) is 0 Å². The molecule has 1 unspecified atom stereocenters. The first-order valence-electron chi connectivity index (χ1n) is 9.12. The van der Waals surface area contributed by atoms with Crippen LogP contribution >= 0.6 is 0 Å². The summed E-state index contributed by atoms with van der Waals surface area (Å²) in [6.45, 7) is 4.60. The average Bonchev–Trinajstić information content (AvgIpc) is 3.21. The monoisotopic (exact) mass is 326 g/mol. The number of ether oxygens (including phenoxy) is 1. The minimum atomic E-state index is -0.231. The highest BCUT2D eigenvalue weighted by atomic mass is 16.5. The number of benzene rings is 1. The topological polar surface area (TPSA) is 45.3 Å². The molecule has 4 rings (SSSR count). The maximum Gasteiger partial charge on any atom is 0.225 e. The number of hydrogen-bond donors (Lipinski definition) is 1. The van der Waals surface area contributed by atoms with E-state index < -0.39 is 0 Å². The number of para-hydroxylation sites is 1. The molecule has 1 N–H and O–H groups in total. The van der Waals surface area contributed by atoms with Gasteiger partial charge >= 0.3 is 0 Å². The van der Waals surface area contributed by atoms with Gasteiger partial charge in [-0.3, -0.25) is 4.79 Å². The van der Waals surface area contributed by atoms with Crippen molar-refractivity contribution >= 4 is 16.8 Å². The highest BCUT2D eigenvalue weighted by Gasteiger charge is 2.35. The number of likely N-dealkylation sites (tertiary alicyclic amines) is 1. The second-order valence-electron chi connectivity index (χ2n) is 7.52. The van der Waals surface area contributed by atoms with Gasteiger partial charge in [-0.15, -0.1) is 0 Å². The van der Waals surface area contributed by atoms with E-state index in [1.165, 1.54) is 16.5 Å². The number of aromatic nitrogens is 1. The van der Waals surface area contributed by atoms with Gasteiger partial charge < -0.3 is 14.6 Å². The first kappa shape index (κ1) is 15.7. The number of fused-ring (bicyclic) bond motifs is 1. The molecule has 3 heterocycles. The second kappa shape index (κ2) is 6.25. The Bertz CT molecular complexity index is 722. The first-order chi connectivity index (χ1) is 11.6. The molecule has 2 aliphatic rings. The number of hydrogen-bond acceptors (Lipinski definition) is 2. The molecule has 24 heavy (non-hydrogen) atoms. The smallest absolute Gasteiger partial charge is 0.225 e. The molecule has 0 aliphatic carbocycles. The normalized spacial score (nSPS) is 25.5. The van der Waals surface area contributed by atoms with Crippen LogP contribution in [0.1, 0.15) is 50.5 Å². The molecule has 0 radical (unpaired) electrons. The van der Waals surface area contributed by atoms with Crippen molar-refractivity contribution in [1.82, 2.24) is 9.88 Å². The molecule has 0 spiro atoms. The predicted octanol–water partition coefficient (Wildman–Crippen LogP) is 3.83. The first-order valence-corrected chi connectivity index (χ1v) is 9.12. The van der Waals surface area contributed by atoms with Gasteiger partial charge in [-0.05, 0) is 50.2 Å². The Kier molecular flexibility index (Phi) is 4.09. The standard InChI is InChI=1S/C20H26N2O2/c1-20(9-4-12-24-20)13-19(23)22-10-7-15(8-11-22)17-14-21-18-6-3-2-5-16(17)18/h2-3,5-6,14-15,21H,4,7-13H2,1H3. The minimum absolute atomic E-state index is 0.231. The van der Waals surface area contributed by atoms with E-state index in [1.54, 1.807) is 0 Å². The lowest BCUT2D eigenvalue weighted by atomic mass is 9.88. The number of aromatic amines is 1. The van der Waals surface area contributed by atoms with E-state index >= 15 is 0 Å². The third kappa shape index (κ3) is 2.95. The van der Waals surface area contributed by atoms with E-state index in [4.69, 9.17) is 4.74 Å². The van der Waals surface area contributed by atoms with Gasteiger partial charge in [-0.2, -0.15) is 0 Å². The van der Waals surface area contributed by atoms with Crippen LogP contribution in [-0.4, -0.2) is 41.1 Å². The number of H-pyrrole nitrogens is 1. The summed E-state index contributed by atoms with van der Waals surface area (Å²) in [4.78, 5) is 18.0. The molecule has 1 aromatic carbocycles. The van der Waals surface area contributed by atoms with Crippen molar-refractivity contribution < 1.29 is 9.53 Å². The Hall–Kier alpha value is -1.81. The Labute approximate surface area is 143 Å². The zero-order valence-corrected chi connectivity index (χ0v) is 14.4. The van der Waals surface area contributed by atoms with E-state index in [1.807, 2.05) is 4.90 Å². The van der Waals surface area contributed by atoms with Crippen molar-refractivity contribution in [1.29, 1.82) is 0 Å². The van der Waals surface area contributed by atoms with Crippen molar-refractivity contribution in [3.8, 4) is 0 Å². The Morgan fingerprint density at radius 1 is 1.33 bits per heavy atom. The second-order valence-corrected chi connectivity index (χ2v) is 7.52. The van der Waals surface area contributed by atoms with E-state index in [0.29, 0.717) is 12.3 Å². The highest BCUT2D eigenvalue weighted by Crippen LogP contribution is 2.34. The van der Waals surface area contributed by atoms with Crippen LogP contribution in [-0.2, 0) is 9.53 Å². The van der Waals surface area contributed by atoms with E-state index in [2.05, 4.69) is 42.4 Å². The lowest BCUT2D eigenvalue weighted by Crippen LogP contribution is -2.41. The van der Waals surface area contributed by atoms with Gasteiger partial charge in [0.05, 0.1) is 12.0 Å². The summed E-state index contributed by atoms with van der Waals surface area (Å²) in [5.74, 6) is 0.806. The summed E-state index contributed by atoms with van der Waals surface area (Å²) < 4.78 is 5.78. The van der Waals surface area contributed by atoms with Gasteiger partial charge in [0.25, 0.3) is 0 Å². The van der Waals surface area contributed by atoms with Crippen LogP contribution < -0.4 is 0 Å². The molecule has 2 aromatic rings. The molecule has 2 fully saturated rings. The molecular weight excluding hydrogens is 300 g/mol. The lowest BCUT2D eigenvalue weighted by molar-refractivity contribution is -0.137. The van der Waals surface area contributed by atoms with Crippen LogP contribution in [0.2, 0.25) is 0 Å². The predicted molar refractivity (Wildman–Crippen MR) is 95.1 cm³/mol. The maximum atomic E-state index is 12.6. The summed E-state index contributed by atoms with van der Waals surface area (Å²) in [7, 11) is 0. The maximum absolute atomic E-state index is 12.6. The van der Waals surface area contributed by atoms with Crippen molar-refractivity contribution in [2.45, 2.75) is 50.5 Å². The van der Waals surface area contributed by atoms with Crippen molar-refractivity contribution in [3.05, 3.63) is 36.0 Å². The zero-order valence-electron chi connectivity index (χ0n) is 14.4.